The van der Waals surface area contributed by atoms with Gasteiger partial charge in [-0.15, -0.1) is 0 Å². The lowest BCUT2D eigenvalue weighted by molar-refractivity contribution is -0.141. The fourth-order valence-corrected chi connectivity index (χ4v) is 3.60. The van der Waals surface area contributed by atoms with Crippen molar-refractivity contribution < 1.29 is 9.53 Å². The molecule has 0 N–H and O–H groups in total. The first-order valence-corrected chi connectivity index (χ1v) is 8.22. The van der Waals surface area contributed by atoms with Crippen molar-refractivity contribution in [2.75, 3.05) is 39.8 Å². The summed E-state index contributed by atoms with van der Waals surface area (Å²) in [7, 11) is 1.47. The van der Waals surface area contributed by atoms with Crippen molar-refractivity contribution in [2.45, 2.75) is 51.5 Å². The first-order valence-electron chi connectivity index (χ1n) is 8.22. The number of nitrogens with zero attached hydrogens (tertiary/aromatic N) is 2. The van der Waals surface area contributed by atoms with Crippen LogP contribution in [0.5, 0.6) is 0 Å². The molecule has 0 radical (unpaired) electrons. The first-order chi connectivity index (χ1) is 9.69. The second-order valence-electron chi connectivity index (χ2n) is 6.47. The zero-order chi connectivity index (χ0) is 14.4. The molecule has 1 heterocycles. The highest BCUT2D eigenvalue weighted by Crippen LogP contribution is 2.25. The third-order valence-corrected chi connectivity index (χ3v) is 4.93. The van der Waals surface area contributed by atoms with Crippen LogP contribution in [0.2, 0.25) is 0 Å². The Kier molecular flexibility index (Phi) is 6.30. The average Bonchev–Trinajstić information content (AvgIpc) is 2.48. The Morgan fingerprint density at radius 3 is 2.60 bits per heavy atom. The van der Waals surface area contributed by atoms with E-state index in [1.165, 1.54) is 45.8 Å². The van der Waals surface area contributed by atoms with Crippen molar-refractivity contribution in [1.82, 2.24) is 9.80 Å². The van der Waals surface area contributed by atoms with Gasteiger partial charge in [-0.05, 0) is 25.7 Å². The largest absolute Gasteiger partial charge is 0.469 e. The summed E-state index contributed by atoms with van der Waals surface area (Å²) in [6.07, 6.45) is 7.67. The number of methoxy groups -OCH3 is 1. The van der Waals surface area contributed by atoms with E-state index in [0.717, 1.165) is 32.1 Å². The van der Waals surface area contributed by atoms with Gasteiger partial charge in [-0.1, -0.05) is 19.3 Å². The van der Waals surface area contributed by atoms with E-state index >= 15 is 0 Å². The van der Waals surface area contributed by atoms with Crippen molar-refractivity contribution in [3.63, 3.8) is 0 Å². The van der Waals surface area contributed by atoms with Crippen LogP contribution in [0.15, 0.2) is 0 Å². The fourth-order valence-electron chi connectivity index (χ4n) is 3.60. The number of hydrogen-bond donors (Lipinski definition) is 0. The minimum atomic E-state index is -0.0951. The average molecular weight is 282 g/mol. The third-order valence-electron chi connectivity index (χ3n) is 4.93. The van der Waals surface area contributed by atoms with E-state index < -0.39 is 0 Å². The Hall–Kier alpha value is -0.610. The molecule has 0 aromatic carbocycles. The molecule has 0 aromatic rings. The van der Waals surface area contributed by atoms with Gasteiger partial charge < -0.3 is 4.74 Å². The van der Waals surface area contributed by atoms with Crippen LogP contribution in [0.3, 0.4) is 0 Å². The summed E-state index contributed by atoms with van der Waals surface area (Å²) in [5, 5.41) is 0. The predicted molar refractivity (Wildman–Crippen MR) is 80.7 cm³/mol. The number of rotatable bonds is 5. The van der Waals surface area contributed by atoms with Gasteiger partial charge in [0.2, 0.25) is 0 Å². The summed E-state index contributed by atoms with van der Waals surface area (Å²) in [5.41, 5.74) is 0. The van der Waals surface area contributed by atoms with E-state index in [0.29, 0.717) is 12.5 Å². The molecule has 0 amide bonds. The number of piperazine rings is 1. The molecule has 0 bridgehead atoms. The van der Waals surface area contributed by atoms with Crippen LogP contribution >= 0.6 is 0 Å². The molecule has 0 unspecified atom stereocenters. The van der Waals surface area contributed by atoms with Gasteiger partial charge in [0, 0.05) is 38.8 Å². The van der Waals surface area contributed by atoms with Gasteiger partial charge in [0.15, 0.2) is 0 Å². The third kappa shape index (κ3) is 4.74. The molecule has 1 saturated heterocycles. The summed E-state index contributed by atoms with van der Waals surface area (Å²) in [6.45, 7) is 7.78. The van der Waals surface area contributed by atoms with E-state index in [1.54, 1.807) is 0 Å². The van der Waals surface area contributed by atoms with E-state index in [2.05, 4.69) is 16.7 Å². The minimum Gasteiger partial charge on any atom is -0.469 e. The van der Waals surface area contributed by atoms with E-state index in [-0.39, 0.29) is 5.97 Å². The highest BCUT2D eigenvalue weighted by atomic mass is 16.5. The molecule has 4 heteroatoms. The summed E-state index contributed by atoms with van der Waals surface area (Å²) in [6, 6.07) is 0.614. The Labute approximate surface area is 123 Å². The molecule has 1 aliphatic heterocycles. The minimum absolute atomic E-state index is 0.0951. The number of hydrogen-bond acceptors (Lipinski definition) is 4. The van der Waals surface area contributed by atoms with E-state index in [1.807, 2.05) is 0 Å². The van der Waals surface area contributed by atoms with Crippen LogP contribution in [-0.2, 0) is 9.53 Å². The second-order valence-corrected chi connectivity index (χ2v) is 6.47. The van der Waals surface area contributed by atoms with Crippen LogP contribution in [-0.4, -0.2) is 61.6 Å². The maximum atomic E-state index is 11.2. The van der Waals surface area contributed by atoms with Gasteiger partial charge in [0.1, 0.15) is 0 Å². The molecular formula is C16H30N2O2. The van der Waals surface area contributed by atoms with Crippen LogP contribution in [0.25, 0.3) is 0 Å². The van der Waals surface area contributed by atoms with Crippen molar-refractivity contribution in [1.29, 1.82) is 0 Å². The Balaban J connectivity index is 1.70. The molecule has 0 aromatic heterocycles. The molecule has 4 nitrogen and oxygen atoms in total. The van der Waals surface area contributed by atoms with Gasteiger partial charge >= 0.3 is 5.97 Å². The predicted octanol–water partition coefficient (Wildman–Crippen LogP) is 2.14. The zero-order valence-electron chi connectivity index (χ0n) is 13.1. The van der Waals surface area contributed by atoms with Gasteiger partial charge in [-0.25, -0.2) is 0 Å². The standard InChI is InChI=1S/C16H30N2O2/c1-14-12-17(9-8-16(19)20-2)10-11-18(14)13-15-6-4-3-5-7-15/h14-15H,3-13H2,1-2H3/t14-/m1/s1. The van der Waals surface area contributed by atoms with Gasteiger partial charge in [0.05, 0.1) is 13.5 Å². The lowest BCUT2D eigenvalue weighted by Gasteiger charge is -2.41. The molecule has 20 heavy (non-hydrogen) atoms. The van der Waals surface area contributed by atoms with Crippen molar-refractivity contribution in [3.05, 3.63) is 0 Å². The Morgan fingerprint density at radius 1 is 1.20 bits per heavy atom. The maximum absolute atomic E-state index is 11.2. The lowest BCUT2D eigenvalue weighted by Crippen LogP contribution is -2.53. The first kappa shape index (κ1) is 15.8. The highest BCUT2D eigenvalue weighted by Gasteiger charge is 2.26. The SMILES string of the molecule is COC(=O)CCN1CCN(CC2CCCCC2)[C@H](C)C1. The molecular weight excluding hydrogens is 252 g/mol. The number of ether oxygens (including phenoxy) is 1. The summed E-state index contributed by atoms with van der Waals surface area (Å²) in [4.78, 5) is 16.3. The van der Waals surface area contributed by atoms with Gasteiger partial charge in [-0.3, -0.25) is 14.6 Å². The van der Waals surface area contributed by atoms with Crippen molar-refractivity contribution >= 4 is 5.97 Å². The van der Waals surface area contributed by atoms with Crippen LogP contribution in [0.1, 0.15) is 45.4 Å². The Morgan fingerprint density at radius 2 is 1.95 bits per heavy atom. The highest BCUT2D eigenvalue weighted by molar-refractivity contribution is 5.69. The molecule has 0 spiro atoms. The molecule has 2 rings (SSSR count). The molecule has 2 fully saturated rings. The smallest absolute Gasteiger partial charge is 0.306 e. The lowest BCUT2D eigenvalue weighted by atomic mass is 9.88. The van der Waals surface area contributed by atoms with E-state index in [9.17, 15) is 4.79 Å². The van der Waals surface area contributed by atoms with Crippen LogP contribution < -0.4 is 0 Å². The quantitative estimate of drug-likeness (QED) is 0.723. The molecule has 116 valence electrons. The monoisotopic (exact) mass is 282 g/mol. The molecule has 2 aliphatic rings. The second kappa shape index (κ2) is 7.99. The van der Waals surface area contributed by atoms with Crippen LogP contribution in [0, 0.1) is 5.92 Å². The van der Waals surface area contributed by atoms with E-state index in [4.69, 9.17) is 4.74 Å². The summed E-state index contributed by atoms with van der Waals surface area (Å²) >= 11 is 0. The number of esters is 1. The van der Waals surface area contributed by atoms with Gasteiger partial charge in [-0.2, -0.15) is 0 Å². The Bertz CT molecular complexity index is 303. The summed E-state index contributed by atoms with van der Waals surface area (Å²) < 4.78 is 4.71. The zero-order valence-corrected chi connectivity index (χ0v) is 13.1. The fraction of sp³-hybridized carbons (Fsp3) is 0.938. The van der Waals surface area contributed by atoms with Crippen LogP contribution in [0.4, 0.5) is 0 Å². The van der Waals surface area contributed by atoms with Crippen molar-refractivity contribution in [3.8, 4) is 0 Å². The maximum Gasteiger partial charge on any atom is 0.306 e. The summed E-state index contributed by atoms with van der Waals surface area (Å²) in [5.74, 6) is 0.829. The normalized spacial score (nSPS) is 26.6. The van der Waals surface area contributed by atoms with Crippen molar-refractivity contribution in [2.24, 2.45) is 5.92 Å². The molecule has 1 aliphatic carbocycles. The topological polar surface area (TPSA) is 32.8 Å². The molecule has 1 saturated carbocycles. The van der Waals surface area contributed by atoms with Gasteiger partial charge in [0.25, 0.3) is 0 Å². The molecule has 1 atom stereocenters. The number of carbonyl (C=O) groups is 1. The number of carbonyl (C=O) groups excluding carboxylic acids is 1.